The van der Waals surface area contributed by atoms with Crippen LogP contribution in [0.5, 0.6) is 0 Å². The molecule has 162 valence electrons. The molecule has 2 fully saturated rings. The van der Waals surface area contributed by atoms with Crippen LogP contribution in [0.1, 0.15) is 44.4 Å². The number of hydrogen-bond donors (Lipinski definition) is 0. The zero-order chi connectivity index (χ0) is 21.3. The Labute approximate surface area is 181 Å². The molecule has 4 heterocycles. The lowest BCUT2D eigenvalue weighted by Crippen LogP contribution is -2.50. The highest BCUT2D eigenvalue weighted by Crippen LogP contribution is 2.38. The first kappa shape index (κ1) is 20.9. The molecule has 7 nitrogen and oxygen atoms in total. The van der Waals surface area contributed by atoms with E-state index in [9.17, 15) is 14.4 Å². The Hall–Kier alpha value is -2.35. The van der Waals surface area contributed by atoms with Crippen LogP contribution in [0, 0.1) is 5.92 Å². The van der Waals surface area contributed by atoms with Crippen molar-refractivity contribution >= 4 is 34.8 Å². The van der Waals surface area contributed by atoms with Crippen molar-refractivity contribution in [3.63, 3.8) is 0 Å². The smallest absolute Gasteiger partial charge is 0.409 e. The van der Waals surface area contributed by atoms with Crippen LogP contribution in [0.25, 0.3) is 5.57 Å². The van der Waals surface area contributed by atoms with Gasteiger partial charge in [-0.2, -0.15) is 0 Å². The first-order valence-electron chi connectivity index (χ1n) is 10.8. The third-order valence-electron chi connectivity index (χ3n) is 6.19. The Bertz CT molecular complexity index is 843. The zero-order valence-corrected chi connectivity index (χ0v) is 18.5. The van der Waals surface area contributed by atoms with Crippen LogP contribution in [0.15, 0.2) is 23.2 Å². The van der Waals surface area contributed by atoms with Gasteiger partial charge in [-0.05, 0) is 50.0 Å². The Balaban J connectivity index is 1.57. The molecule has 0 aromatic carbocycles. The van der Waals surface area contributed by atoms with Crippen molar-refractivity contribution in [3.05, 3.63) is 28.1 Å². The number of amides is 3. The summed E-state index contributed by atoms with van der Waals surface area (Å²) in [4.78, 5) is 45.1. The maximum Gasteiger partial charge on any atom is 0.409 e. The highest BCUT2D eigenvalue weighted by atomic mass is 32.1. The van der Waals surface area contributed by atoms with Gasteiger partial charge in [0.2, 0.25) is 0 Å². The van der Waals surface area contributed by atoms with Gasteiger partial charge < -0.3 is 14.5 Å². The Morgan fingerprint density at radius 1 is 1.17 bits per heavy atom. The quantitative estimate of drug-likeness (QED) is 0.685. The summed E-state index contributed by atoms with van der Waals surface area (Å²) in [6.07, 6.45) is 3.02. The monoisotopic (exact) mass is 431 g/mol. The number of hydrogen-bond acceptors (Lipinski definition) is 6. The van der Waals surface area contributed by atoms with Crippen molar-refractivity contribution < 1.29 is 19.1 Å². The first-order chi connectivity index (χ1) is 14.5. The minimum Gasteiger partial charge on any atom is -0.450 e. The summed E-state index contributed by atoms with van der Waals surface area (Å²) in [7, 11) is 0. The normalized spacial score (nSPS) is 23.5. The van der Waals surface area contributed by atoms with Crippen molar-refractivity contribution in [2.75, 3.05) is 32.8 Å². The molecule has 0 saturated carbocycles. The number of carbonyl (C=O) groups is 3. The van der Waals surface area contributed by atoms with Crippen LogP contribution in [0.2, 0.25) is 0 Å². The number of carbonyl (C=O) groups excluding carboxylic acids is 3. The molecular formula is C22H29N3O4S. The zero-order valence-electron chi connectivity index (χ0n) is 17.6. The highest BCUT2D eigenvalue weighted by molar-refractivity contribution is 7.11. The summed E-state index contributed by atoms with van der Waals surface area (Å²) >= 11 is 1.50. The summed E-state index contributed by atoms with van der Waals surface area (Å²) < 4.78 is 5.08. The molecule has 0 spiro atoms. The van der Waals surface area contributed by atoms with Gasteiger partial charge in [0.05, 0.1) is 12.2 Å². The third kappa shape index (κ3) is 3.85. The molecule has 1 aromatic heterocycles. The summed E-state index contributed by atoms with van der Waals surface area (Å²) in [5.41, 5.74) is 1.12. The van der Waals surface area contributed by atoms with Crippen molar-refractivity contribution in [1.29, 1.82) is 0 Å². The molecular weight excluding hydrogens is 402 g/mol. The number of imide groups is 1. The Kier molecular flexibility index (Phi) is 6.13. The van der Waals surface area contributed by atoms with Crippen LogP contribution in [-0.2, 0) is 14.3 Å². The fourth-order valence-corrected chi connectivity index (χ4v) is 5.48. The van der Waals surface area contributed by atoms with Gasteiger partial charge >= 0.3 is 6.09 Å². The van der Waals surface area contributed by atoms with E-state index in [1.165, 1.54) is 16.2 Å². The molecule has 3 aliphatic rings. The number of thiophene rings is 1. The lowest BCUT2D eigenvalue weighted by molar-refractivity contribution is -0.141. The Morgan fingerprint density at radius 3 is 2.57 bits per heavy atom. The lowest BCUT2D eigenvalue weighted by Gasteiger charge is -2.36. The van der Waals surface area contributed by atoms with Gasteiger partial charge in [0.1, 0.15) is 5.70 Å². The van der Waals surface area contributed by atoms with Crippen LogP contribution >= 0.6 is 11.3 Å². The highest BCUT2D eigenvalue weighted by Gasteiger charge is 2.46. The topological polar surface area (TPSA) is 70.2 Å². The molecule has 0 N–H and O–H groups in total. The molecule has 4 rings (SSSR count). The average molecular weight is 432 g/mol. The summed E-state index contributed by atoms with van der Waals surface area (Å²) in [6.45, 7) is 6.92. The summed E-state index contributed by atoms with van der Waals surface area (Å²) in [6, 6.07) is 3.65. The predicted octanol–water partition coefficient (Wildman–Crippen LogP) is 3.18. The number of nitrogens with zero attached hydrogens (tertiary/aromatic N) is 3. The van der Waals surface area contributed by atoms with Crippen molar-refractivity contribution in [3.8, 4) is 0 Å². The second kappa shape index (κ2) is 8.79. The molecule has 8 heteroatoms. The van der Waals surface area contributed by atoms with Gasteiger partial charge in [-0.3, -0.25) is 14.5 Å². The molecule has 2 saturated heterocycles. The van der Waals surface area contributed by atoms with Gasteiger partial charge in [-0.15, -0.1) is 11.3 Å². The minimum absolute atomic E-state index is 0.174. The molecule has 3 amide bonds. The fraction of sp³-hybridized carbons (Fsp3) is 0.591. The number of rotatable bonds is 4. The van der Waals surface area contributed by atoms with Gasteiger partial charge in [0.15, 0.2) is 0 Å². The maximum atomic E-state index is 13.5. The molecule has 0 aliphatic carbocycles. The predicted molar refractivity (Wildman–Crippen MR) is 115 cm³/mol. The molecule has 3 aliphatic heterocycles. The van der Waals surface area contributed by atoms with Crippen LogP contribution < -0.4 is 0 Å². The molecule has 1 atom stereocenters. The van der Waals surface area contributed by atoms with Gasteiger partial charge in [0.25, 0.3) is 11.8 Å². The fourth-order valence-electron chi connectivity index (χ4n) is 4.72. The first-order valence-corrected chi connectivity index (χ1v) is 11.7. The maximum absolute atomic E-state index is 13.5. The van der Waals surface area contributed by atoms with Crippen molar-refractivity contribution in [1.82, 2.24) is 14.7 Å². The second-order valence-corrected chi connectivity index (χ2v) is 9.24. The second-order valence-electron chi connectivity index (χ2n) is 8.29. The lowest BCUT2D eigenvalue weighted by atomic mass is 9.99. The molecule has 0 radical (unpaired) electrons. The molecule has 0 bridgehead atoms. The van der Waals surface area contributed by atoms with E-state index in [1.54, 1.807) is 11.8 Å². The van der Waals surface area contributed by atoms with Crippen LogP contribution in [0.4, 0.5) is 4.79 Å². The van der Waals surface area contributed by atoms with Crippen molar-refractivity contribution in [2.45, 2.75) is 45.6 Å². The Morgan fingerprint density at radius 2 is 1.93 bits per heavy atom. The van der Waals surface area contributed by atoms with E-state index in [0.29, 0.717) is 49.7 Å². The molecule has 1 aromatic rings. The van der Waals surface area contributed by atoms with Crippen LogP contribution in [0.3, 0.4) is 0 Å². The van der Waals surface area contributed by atoms with E-state index in [2.05, 4.69) is 11.8 Å². The van der Waals surface area contributed by atoms with Gasteiger partial charge in [0, 0.05) is 37.1 Å². The number of piperidine rings is 2. The van der Waals surface area contributed by atoms with E-state index in [1.807, 2.05) is 17.5 Å². The van der Waals surface area contributed by atoms with E-state index in [-0.39, 0.29) is 23.9 Å². The van der Waals surface area contributed by atoms with Gasteiger partial charge in [-0.25, -0.2) is 4.79 Å². The van der Waals surface area contributed by atoms with E-state index < -0.39 is 0 Å². The SMILES string of the molecule is CCOC(=O)N1CCC(N2C(=O)C(c3cccs3)=C(N3CCCC(C)C3)C2=O)CC1. The van der Waals surface area contributed by atoms with E-state index in [0.717, 1.165) is 30.8 Å². The number of likely N-dealkylation sites (tertiary alicyclic amines) is 2. The van der Waals surface area contributed by atoms with Crippen LogP contribution in [-0.4, -0.2) is 71.4 Å². The largest absolute Gasteiger partial charge is 0.450 e. The minimum atomic E-state index is -0.324. The number of ether oxygens (including phenoxy) is 1. The standard InChI is InChI=1S/C22H29N3O4S/c1-3-29-22(28)23-11-8-16(9-12-23)25-20(26)18(17-7-5-13-30-17)19(21(25)27)24-10-4-6-15(2)14-24/h5,7,13,15-16H,3-4,6,8-12,14H2,1-2H3. The van der Waals surface area contributed by atoms with E-state index >= 15 is 0 Å². The third-order valence-corrected chi connectivity index (χ3v) is 7.07. The summed E-state index contributed by atoms with van der Waals surface area (Å²) in [5.74, 6) is 0.137. The summed E-state index contributed by atoms with van der Waals surface area (Å²) in [5, 5.41) is 1.94. The van der Waals surface area contributed by atoms with E-state index in [4.69, 9.17) is 4.74 Å². The average Bonchev–Trinajstić information content (AvgIpc) is 3.34. The van der Waals surface area contributed by atoms with Gasteiger partial charge in [-0.1, -0.05) is 13.0 Å². The van der Waals surface area contributed by atoms with Crippen molar-refractivity contribution in [2.24, 2.45) is 5.92 Å². The molecule has 30 heavy (non-hydrogen) atoms. The molecule has 1 unspecified atom stereocenters.